The molecule has 1 aromatic heterocycles. The van der Waals surface area contributed by atoms with Crippen LogP contribution >= 0.6 is 24.0 Å². The molecule has 1 aromatic rings. The summed E-state index contributed by atoms with van der Waals surface area (Å²) in [6.07, 6.45) is 6.15. The van der Waals surface area contributed by atoms with Crippen LogP contribution in [0.3, 0.4) is 0 Å². The molecule has 1 fully saturated rings. The molecule has 0 radical (unpaired) electrons. The van der Waals surface area contributed by atoms with Gasteiger partial charge in [0.05, 0.1) is 5.69 Å². The molecule has 0 aliphatic heterocycles. The van der Waals surface area contributed by atoms with Gasteiger partial charge in [-0.05, 0) is 51.9 Å². The summed E-state index contributed by atoms with van der Waals surface area (Å²) in [6.45, 7) is 11.0. The van der Waals surface area contributed by atoms with Crippen molar-refractivity contribution < 1.29 is 4.52 Å². The molecule has 0 amide bonds. The monoisotopic (exact) mass is 434 g/mol. The normalized spacial score (nSPS) is 16.4. The molecule has 1 aliphatic carbocycles. The summed E-state index contributed by atoms with van der Waals surface area (Å²) < 4.78 is 5.21. The third-order valence-corrected chi connectivity index (χ3v) is 4.93. The number of guanidine groups is 1. The third-order valence-electron chi connectivity index (χ3n) is 4.93. The molecule has 0 atom stereocenters. The van der Waals surface area contributed by atoms with Crippen LogP contribution in [0, 0.1) is 19.3 Å². The Labute approximate surface area is 157 Å². The van der Waals surface area contributed by atoms with Crippen molar-refractivity contribution in [1.29, 1.82) is 0 Å². The fourth-order valence-electron chi connectivity index (χ4n) is 3.05. The van der Waals surface area contributed by atoms with E-state index in [0.717, 1.165) is 43.5 Å². The molecule has 5 nitrogen and oxygen atoms in total. The Morgan fingerprint density at radius 2 is 2.00 bits per heavy atom. The molecular weight excluding hydrogens is 403 g/mol. The van der Waals surface area contributed by atoms with Crippen molar-refractivity contribution in [3.63, 3.8) is 0 Å². The third kappa shape index (κ3) is 5.36. The lowest BCUT2D eigenvalue weighted by atomic mass is 9.67. The zero-order valence-electron chi connectivity index (χ0n) is 14.9. The van der Waals surface area contributed by atoms with Crippen LogP contribution in [-0.2, 0) is 6.42 Å². The zero-order chi connectivity index (χ0) is 16.0. The van der Waals surface area contributed by atoms with Gasteiger partial charge in [-0.15, -0.1) is 24.0 Å². The first-order valence-corrected chi connectivity index (χ1v) is 8.54. The number of nitrogens with one attached hydrogen (secondary N) is 2. The number of aryl methyl sites for hydroxylation is 2. The Balaban J connectivity index is 0.00000264. The molecule has 0 unspecified atom stereocenters. The highest BCUT2D eigenvalue weighted by molar-refractivity contribution is 14.0. The largest absolute Gasteiger partial charge is 0.361 e. The van der Waals surface area contributed by atoms with Crippen molar-refractivity contribution in [2.75, 3.05) is 19.6 Å². The average Bonchev–Trinajstić information content (AvgIpc) is 2.78. The highest BCUT2D eigenvalue weighted by atomic mass is 127. The van der Waals surface area contributed by atoms with Crippen LogP contribution in [-0.4, -0.2) is 30.8 Å². The second-order valence-corrected chi connectivity index (χ2v) is 6.38. The number of hydrogen-bond donors (Lipinski definition) is 2. The number of nitrogens with zero attached hydrogens (tertiary/aromatic N) is 2. The van der Waals surface area contributed by atoms with Crippen LogP contribution in [0.4, 0.5) is 0 Å². The molecule has 6 heteroatoms. The Morgan fingerprint density at radius 3 is 2.48 bits per heavy atom. The summed E-state index contributed by atoms with van der Waals surface area (Å²) in [4.78, 5) is 4.80. The molecule has 2 N–H and O–H groups in total. The van der Waals surface area contributed by atoms with Gasteiger partial charge in [-0.2, -0.15) is 0 Å². The maximum atomic E-state index is 5.21. The molecular formula is C17H31IN4O. The molecule has 1 heterocycles. The van der Waals surface area contributed by atoms with E-state index in [4.69, 9.17) is 9.52 Å². The van der Waals surface area contributed by atoms with Gasteiger partial charge >= 0.3 is 0 Å². The van der Waals surface area contributed by atoms with Crippen molar-refractivity contribution in [3.05, 3.63) is 17.0 Å². The summed E-state index contributed by atoms with van der Waals surface area (Å²) >= 11 is 0. The van der Waals surface area contributed by atoms with Crippen LogP contribution in [0.15, 0.2) is 9.52 Å². The fraction of sp³-hybridized carbons (Fsp3) is 0.765. The second-order valence-electron chi connectivity index (χ2n) is 6.38. The highest BCUT2D eigenvalue weighted by Gasteiger charge is 2.34. The van der Waals surface area contributed by atoms with E-state index in [2.05, 4.69) is 29.6 Å². The summed E-state index contributed by atoms with van der Waals surface area (Å²) in [5, 5.41) is 10.8. The van der Waals surface area contributed by atoms with Gasteiger partial charge in [0.25, 0.3) is 0 Å². The molecule has 0 bridgehead atoms. The quantitative estimate of drug-likeness (QED) is 0.391. The van der Waals surface area contributed by atoms with Crippen LogP contribution in [0.5, 0.6) is 0 Å². The summed E-state index contributed by atoms with van der Waals surface area (Å²) in [7, 11) is 0. The van der Waals surface area contributed by atoms with E-state index in [0.29, 0.717) is 5.41 Å². The first-order valence-electron chi connectivity index (χ1n) is 8.54. The minimum absolute atomic E-state index is 0. The van der Waals surface area contributed by atoms with Gasteiger partial charge in [0.2, 0.25) is 0 Å². The standard InChI is InChI=1S/C17H30N4O.HI/c1-5-17(9-7-10-17)12-20-16(18-6-2)19-11-8-15-13(3)21-22-14(15)4;/h5-12H2,1-4H3,(H2,18,19,20);1H. The molecule has 1 aliphatic rings. The molecule has 132 valence electrons. The number of aromatic nitrogens is 1. The van der Waals surface area contributed by atoms with E-state index in [-0.39, 0.29) is 24.0 Å². The Morgan fingerprint density at radius 1 is 1.26 bits per heavy atom. The summed E-state index contributed by atoms with van der Waals surface area (Å²) in [5.74, 6) is 1.84. The van der Waals surface area contributed by atoms with Gasteiger partial charge < -0.3 is 15.2 Å². The zero-order valence-corrected chi connectivity index (χ0v) is 17.2. The number of halogens is 1. The minimum Gasteiger partial charge on any atom is -0.361 e. The van der Waals surface area contributed by atoms with Gasteiger partial charge in [0.15, 0.2) is 5.96 Å². The highest BCUT2D eigenvalue weighted by Crippen LogP contribution is 2.43. The number of hydrogen-bond acceptors (Lipinski definition) is 3. The predicted molar refractivity (Wildman–Crippen MR) is 106 cm³/mol. The molecule has 0 saturated heterocycles. The van der Waals surface area contributed by atoms with Crippen LogP contribution in [0.2, 0.25) is 0 Å². The van der Waals surface area contributed by atoms with Crippen molar-refractivity contribution in [1.82, 2.24) is 15.8 Å². The van der Waals surface area contributed by atoms with E-state index in [9.17, 15) is 0 Å². The van der Waals surface area contributed by atoms with Gasteiger partial charge in [0.1, 0.15) is 5.76 Å². The van der Waals surface area contributed by atoms with E-state index in [1.54, 1.807) is 0 Å². The van der Waals surface area contributed by atoms with Crippen molar-refractivity contribution in [3.8, 4) is 0 Å². The minimum atomic E-state index is 0. The number of rotatable bonds is 7. The Kier molecular flexibility index (Phi) is 8.36. The van der Waals surface area contributed by atoms with E-state index in [1.165, 1.54) is 31.2 Å². The van der Waals surface area contributed by atoms with Crippen molar-refractivity contribution in [2.24, 2.45) is 10.4 Å². The maximum Gasteiger partial charge on any atom is 0.191 e. The fourth-order valence-corrected chi connectivity index (χ4v) is 3.05. The predicted octanol–water partition coefficient (Wildman–Crippen LogP) is 3.59. The van der Waals surface area contributed by atoms with Crippen LogP contribution < -0.4 is 10.6 Å². The molecule has 0 spiro atoms. The summed E-state index contributed by atoms with van der Waals surface area (Å²) in [5.41, 5.74) is 2.65. The lowest BCUT2D eigenvalue weighted by Crippen LogP contribution is -2.40. The molecule has 2 rings (SSSR count). The van der Waals surface area contributed by atoms with Gasteiger partial charge in [-0.25, -0.2) is 0 Å². The van der Waals surface area contributed by atoms with Gasteiger partial charge in [-0.3, -0.25) is 4.99 Å². The maximum absolute atomic E-state index is 5.21. The van der Waals surface area contributed by atoms with Gasteiger partial charge in [-0.1, -0.05) is 18.5 Å². The van der Waals surface area contributed by atoms with Crippen LogP contribution in [0.25, 0.3) is 0 Å². The van der Waals surface area contributed by atoms with Gasteiger partial charge in [0, 0.05) is 25.2 Å². The van der Waals surface area contributed by atoms with Crippen LogP contribution in [0.1, 0.15) is 56.5 Å². The summed E-state index contributed by atoms with van der Waals surface area (Å²) in [6, 6.07) is 0. The van der Waals surface area contributed by atoms with E-state index in [1.807, 2.05) is 13.8 Å². The first-order chi connectivity index (χ1) is 10.6. The van der Waals surface area contributed by atoms with E-state index >= 15 is 0 Å². The SMILES string of the molecule is CCNC(=NCC1(CC)CCC1)NCCc1c(C)noc1C.I. The lowest BCUT2D eigenvalue weighted by molar-refractivity contribution is 0.139. The Bertz CT molecular complexity index is 484. The topological polar surface area (TPSA) is 62.5 Å². The lowest BCUT2D eigenvalue weighted by Gasteiger charge is -2.40. The molecule has 1 saturated carbocycles. The second kappa shape index (κ2) is 9.49. The number of aliphatic imine (C=N–C) groups is 1. The molecule has 0 aromatic carbocycles. The van der Waals surface area contributed by atoms with Crippen molar-refractivity contribution >= 4 is 29.9 Å². The Hall–Kier alpha value is -0.790. The average molecular weight is 434 g/mol. The smallest absolute Gasteiger partial charge is 0.191 e. The first kappa shape index (κ1) is 20.3. The molecule has 23 heavy (non-hydrogen) atoms. The van der Waals surface area contributed by atoms with E-state index < -0.39 is 0 Å². The van der Waals surface area contributed by atoms with Crippen molar-refractivity contribution in [2.45, 2.75) is 59.8 Å².